The molecule has 0 aromatic carbocycles. The first-order valence-corrected chi connectivity index (χ1v) is 0. The number of hydrogen-bond acceptors (Lipinski definition) is 0. The Bertz CT molecular complexity index is 15.6. The maximum Gasteiger partial charge on any atom is 3.00 e. The molecular formula is Bi2O9W2-12. The van der Waals surface area contributed by atoms with Crippen molar-refractivity contribution in [2.75, 3.05) is 0 Å². The molecule has 0 aliphatic rings. The zero-order valence-corrected chi connectivity index (χ0v) is 18.2. The van der Waals surface area contributed by atoms with Crippen LogP contribution in [0.2, 0.25) is 0 Å². The van der Waals surface area contributed by atoms with Crippen LogP contribution < -0.4 is 0 Å². The van der Waals surface area contributed by atoms with Crippen molar-refractivity contribution in [3.05, 3.63) is 0 Å². The third-order valence-corrected chi connectivity index (χ3v) is 0. The minimum absolute atomic E-state index is 0. The summed E-state index contributed by atoms with van der Waals surface area (Å²) < 4.78 is 0. The monoisotopic (exact) mass is 930 g/mol. The molecule has 0 amide bonds. The van der Waals surface area contributed by atoms with Crippen LogP contribution in [0.1, 0.15) is 0 Å². The van der Waals surface area contributed by atoms with Gasteiger partial charge >= 0.3 is 52.4 Å². The molecule has 0 saturated carbocycles. The second-order valence-electron chi connectivity index (χ2n) is 0. The first-order chi connectivity index (χ1) is 0. The molecule has 0 aromatic heterocycles. The van der Waals surface area contributed by atoms with Gasteiger partial charge in [-0.25, -0.2) is 0 Å². The quantitative estimate of drug-likeness (QED) is 0.243. The molecule has 0 aliphatic carbocycles. The van der Waals surface area contributed by atoms with Crippen molar-refractivity contribution in [2.24, 2.45) is 0 Å². The fraction of sp³-hybridized carbons (Fsp3) is 0. The van der Waals surface area contributed by atoms with Gasteiger partial charge in [0, 0.05) is 42.1 Å². The molecule has 0 atom stereocenters. The van der Waals surface area contributed by atoms with Crippen LogP contribution in [0.25, 0.3) is 0 Å². The molecule has 0 unspecified atom stereocenters. The normalized spacial score (nSPS) is 0. The first kappa shape index (κ1) is 445. The largest absolute Gasteiger partial charge is 3.00 e. The molecule has 13 heavy (non-hydrogen) atoms. The van der Waals surface area contributed by atoms with Crippen molar-refractivity contribution >= 4 is 52.4 Å². The SMILES string of the molecule is [Bi+3].[Bi+3].[O-2].[O-2].[O-2].[O-2].[O-2].[O-2].[O-2].[O-2].[O-2].[W].[W]. The molecule has 0 spiro atoms. The van der Waals surface area contributed by atoms with Gasteiger partial charge in [-0.1, -0.05) is 0 Å². The minimum Gasteiger partial charge on any atom is -2.00 e. The summed E-state index contributed by atoms with van der Waals surface area (Å²) in [5.74, 6) is 0. The van der Waals surface area contributed by atoms with E-state index in [-0.39, 0.29) is 144 Å². The van der Waals surface area contributed by atoms with Crippen molar-refractivity contribution in [2.45, 2.75) is 0 Å². The van der Waals surface area contributed by atoms with E-state index < -0.39 is 0 Å². The molecule has 4 radical (unpaired) electrons. The molecule has 88 valence electrons. The van der Waals surface area contributed by atoms with Crippen molar-refractivity contribution in [3.63, 3.8) is 0 Å². The van der Waals surface area contributed by atoms with Gasteiger partial charge in [0.2, 0.25) is 0 Å². The van der Waals surface area contributed by atoms with Crippen LogP contribution >= 0.6 is 0 Å². The maximum atomic E-state index is 0. The Balaban J connectivity index is 0. The predicted molar refractivity (Wildman–Crippen MR) is 17.7 cm³/mol. The molecule has 0 aromatic rings. The second-order valence-corrected chi connectivity index (χ2v) is 0. The summed E-state index contributed by atoms with van der Waals surface area (Å²) in [5, 5.41) is 0. The van der Waals surface area contributed by atoms with Crippen molar-refractivity contribution in [1.29, 1.82) is 0 Å². The molecule has 13 heteroatoms. The minimum atomic E-state index is 0. The van der Waals surface area contributed by atoms with Gasteiger partial charge in [0.05, 0.1) is 0 Å². The summed E-state index contributed by atoms with van der Waals surface area (Å²) in [5.41, 5.74) is 0. The van der Waals surface area contributed by atoms with E-state index in [1.165, 1.54) is 0 Å². The van der Waals surface area contributed by atoms with Crippen LogP contribution in [0, 0.1) is 0 Å². The molecule has 0 heterocycles. The van der Waals surface area contributed by atoms with Crippen LogP contribution in [0.5, 0.6) is 0 Å². The third-order valence-electron chi connectivity index (χ3n) is 0. The first-order valence-electron chi connectivity index (χ1n) is 0. The Morgan fingerprint density at radius 2 is 0.231 bits per heavy atom. The van der Waals surface area contributed by atoms with Gasteiger partial charge in [0.25, 0.3) is 0 Å². The molecule has 0 rings (SSSR count). The van der Waals surface area contributed by atoms with E-state index in [0.717, 1.165) is 0 Å². The van der Waals surface area contributed by atoms with Gasteiger partial charge in [0.15, 0.2) is 0 Å². The Kier molecular flexibility index (Phi) is 12400. The van der Waals surface area contributed by atoms with Crippen molar-refractivity contribution in [3.8, 4) is 0 Å². The summed E-state index contributed by atoms with van der Waals surface area (Å²) in [6, 6.07) is 0. The van der Waals surface area contributed by atoms with E-state index >= 15 is 0 Å². The summed E-state index contributed by atoms with van der Waals surface area (Å²) in [7, 11) is 0. The van der Waals surface area contributed by atoms with E-state index in [1.807, 2.05) is 0 Å². The average Bonchev–Trinajstić information content (AvgIpc) is 0. The predicted octanol–water partition coefficient (Wildman–Crippen LogP) is -1.84. The van der Waals surface area contributed by atoms with Gasteiger partial charge in [-0.3, -0.25) is 0 Å². The molecule has 0 N–H and O–H groups in total. The summed E-state index contributed by atoms with van der Waals surface area (Å²) in [6.45, 7) is 0. The van der Waals surface area contributed by atoms with Gasteiger partial charge in [-0.15, -0.1) is 0 Å². The zero-order chi connectivity index (χ0) is 0. The van der Waals surface area contributed by atoms with Crippen LogP contribution in [0.3, 0.4) is 0 Å². The van der Waals surface area contributed by atoms with E-state index in [1.54, 1.807) is 0 Å². The Morgan fingerprint density at radius 1 is 0.231 bits per heavy atom. The zero-order valence-electron chi connectivity index (χ0n) is 5.39. The Morgan fingerprint density at radius 3 is 0.231 bits per heavy atom. The van der Waals surface area contributed by atoms with E-state index in [0.29, 0.717) is 0 Å². The molecule has 9 nitrogen and oxygen atoms in total. The fourth-order valence-corrected chi connectivity index (χ4v) is 0. The topological polar surface area (TPSA) is 256 Å². The average molecular weight is 930 g/mol. The molecule has 0 aliphatic heterocycles. The van der Waals surface area contributed by atoms with Crippen molar-refractivity contribution in [1.82, 2.24) is 0 Å². The van der Waals surface area contributed by atoms with E-state index in [2.05, 4.69) is 0 Å². The molecule has 0 saturated heterocycles. The maximum absolute atomic E-state index is 0. The van der Waals surface area contributed by atoms with E-state index in [9.17, 15) is 0 Å². The van der Waals surface area contributed by atoms with Gasteiger partial charge in [-0.2, -0.15) is 0 Å². The van der Waals surface area contributed by atoms with Crippen molar-refractivity contribution < 1.29 is 91.4 Å². The summed E-state index contributed by atoms with van der Waals surface area (Å²) in [6.07, 6.45) is 0. The third kappa shape index (κ3) is 312. The molecule has 0 bridgehead atoms. The van der Waals surface area contributed by atoms with Crippen LogP contribution in [0.4, 0.5) is 0 Å². The molecular weight excluding hydrogens is 930 g/mol. The van der Waals surface area contributed by atoms with Crippen LogP contribution in [-0.2, 0) is 91.4 Å². The van der Waals surface area contributed by atoms with Gasteiger partial charge < -0.3 is 49.3 Å². The number of hydrogen-bond donors (Lipinski definition) is 0. The van der Waals surface area contributed by atoms with E-state index in [4.69, 9.17) is 0 Å². The summed E-state index contributed by atoms with van der Waals surface area (Å²) in [4.78, 5) is 0. The molecule has 0 fully saturated rings. The van der Waals surface area contributed by atoms with Gasteiger partial charge in [0.1, 0.15) is 0 Å². The Hall–Kier alpha value is 2.78. The van der Waals surface area contributed by atoms with Crippen LogP contribution in [0.15, 0.2) is 0 Å². The second kappa shape index (κ2) is 363. The smallest absolute Gasteiger partial charge is 2.00 e. The fourth-order valence-electron chi connectivity index (χ4n) is 0. The summed E-state index contributed by atoms with van der Waals surface area (Å²) >= 11 is 0. The standard InChI is InChI=1S/2Bi.9O.2W/q2*+3;9*-2;;. The van der Waals surface area contributed by atoms with Crippen LogP contribution in [-0.4, -0.2) is 52.4 Å². The van der Waals surface area contributed by atoms with Gasteiger partial charge in [-0.05, 0) is 0 Å². The Labute approximate surface area is 142 Å². The number of rotatable bonds is 0.